The Bertz CT molecular complexity index is 624. The molecule has 1 amide bonds. The van der Waals surface area contributed by atoms with Gasteiger partial charge in [-0.15, -0.1) is 11.8 Å². The lowest BCUT2D eigenvalue weighted by molar-refractivity contribution is -0.385. The quantitative estimate of drug-likeness (QED) is 0.643. The minimum Gasteiger partial charge on any atom is -0.480 e. The van der Waals surface area contributed by atoms with Crippen molar-refractivity contribution in [2.24, 2.45) is 0 Å². The Morgan fingerprint density at radius 3 is 2.76 bits per heavy atom. The largest absolute Gasteiger partial charge is 0.480 e. The molecule has 1 aliphatic heterocycles. The van der Waals surface area contributed by atoms with E-state index >= 15 is 0 Å². The summed E-state index contributed by atoms with van der Waals surface area (Å²) in [5.41, 5.74) is -0.127. The fourth-order valence-electron chi connectivity index (χ4n) is 2.08. The van der Waals surface area contributed by atoms with Gasteiger partial charge in [0.15, 0.2) is 0 Å². The maximum atomic E-state index is 12.5. The standard InChI is InChI=1S/C12H11BrN2O5S/c1-6-14(10(5-21-6)12(17)18)11(16)7-2-3-8(13)9(4-7)15(19)20/h2-4,6,10H,5H2,1H3,(H,17,18). The fourth-order valence-corrected chi connectivity index (χ4v) is 3.63. The van der Waals surface area contributed by atoms with Crippen molar-refractivity contribution < 1.29 is 19.6 Å². The fraction of sp³-hybridized carbons (Fsp3) is 0.333. The van der Waals surface area contributed by atoms with E-state index in [2.05, 4.69) is 15.9 Å². The molecule has 2 atom stereocenters. The van der Waals surface area contributed by atoms with Crippen molar-refractivity contribution in [3.63, 3.8) is 0 Å². The molecule has 1 N–H and O–H groups in total. The van der Waals surface area contributed by atoms with Gasteiger partial charge in [0.25, 0.3) is 11.6 Å². The molecule has 21 heavy (non-hydrogen) atoms. The van der Waals surface area contributed by atoms with Crippen LogP contribution in [0.1, 0.15) is 17.3 Å². The van der Waals surface area contributed by atoms with E-state index in [0.717, 1.165) is 6.07 Å². The number of carbonyl (C=O) groups excluding carboxylic acids is 1. The van der Waals surface area contributed by atoms with E-state index in [1.54, 1.807) is 6.92 Å². The van der Waals surface area contributed by atoms with Gasteiger partial charge < -0.3 is 10.0 Å². The van der Waals surface area contributed by atoms with Gasteiger partial charge in [-0.25, -0.2) is 4.79 Å². The van der Waals surface area contributed by atoms with Gasteiger partial charge in [-0.3, -0.25) is 14.9 Å². The van der Waals surface area contributed by atoms with Crippen molar-refractivity contribution in [2.45, 2.75) is 18.3 Å². The molecular formula is C12H11BrN2O5S. The Kier molecular flexibility index (Phi) is 4.52. The van der Waals surface area contributed by atoms with E-state index < -0.39 is 22.8 Å². The van der Waals surface area contributed by atoms with E-state index in [-0.39, 0.29) is 21.1 Å². The second-order valence-corrected chi connectivity index (χ2v) is 6.63. The van der Waals surface area contributed by atoms with Crippen LogP contribution in [-0.4, -0.2) is 44.0 Å². The number of nitro groups is 1. The molecule has 0 spiro atoms. The minimum absolute atomic E-state index is 0.102. The molecule has 1 heterocycles. The number of carboxylic acid groups (broad SMARTS) is 1. The Labute approximate surface area is 132 Å². The summed E-state index contributed by atoms with van der Waals surface area (Å²) in [6.07, 6.45) is 0. The molecule has 0 aromatic heterocycles. The van der Waals surface area contributed by atoms with Crippen LogP contribution in [0.5, 0.6) is 0 Å². The number of carbonyl (C=O) groups is 2. The van der Waals surface area contributed by atoms with Gasteiger partial charge in [-0.1, -0.05) is 0 Å². The molecule has 1 aromatic rings. The first-order chi connectivity index (χ1) is 9.82. The number of rotatable bonds is 3. The predicted molar refractivity (Wildman–Crippen MR) is 80.3 cm³/mol. The van der Waals surface area contributed by atoms with Crippen molar-refractivity contribution in [1.82, 2.24) is 4.90 Å². The minimum atomic E-state index is -1.08. The lowest BCUT2D eigenvalue weighted by Crippen LogP contribution is -2.44. The van der Waals surface area contributed by atoms with Crippen LogP contribution in [0.2, 0.25) is 0 Å². The highest BCUT2D eigenvalue weighted by Gasteiger charge is 2.40. The van der Waals surface area contributed by atoms with E-state index in [1.165, 1.54) is 28.8 Å². The normalized spacial score (nSPS) is 21.3. The Morgan fingerprint density at radius 1 is 1.52 bits per heavy atom. The van der Waals surface area contributed by atoms with E-state index in [4.69, 9.17) is 5.11 Å². The number of aliphatic carboxylic acids is 1. The Morgan fingerprint density at radius 2 is 2.19 bits per heavy atom. The van der Waals surface area contributed by atoms with E-state index in [9.17, 15) is 19.7 Å². The lowest BCUT2D eigenvalue weighted by atomic mass is 10.1. The van der Waals surface area contributed by atoms with E-state index in [1.807, 2.05) is 0 Å². The third-order valence-corrected chi connectivity index (χ3v) is 5.02. The molecule has 1 fully saturated rings. The number of halogens is 1. The first-order valence-electron chi connectivity index (χ1n) is 5.94. The summed E-state index contributed by atoms with van der Waals surface area (Å²) in [6, 6.07) is 3.09. The highest BCUT2D eigenvalue weighted by Crippen LogP contribution is 2.32. The van der Waals surface area contributed by atoms with Crippen molar-refractivity contribution >= 4 is 45.3 Å². The van der Waals surface area contributed by atoms with Crippen LogP contribution in [0.3, 0.4) is 0 Å². The summed E-state index contributed by atoms with van der Waals surface area (Å²) in [7, 11) is 0. The first-order valence-corrected chi connectivity index (χ1v) is 7.78. The number of carboxylic acids is 1. The highest BCUT2D eigenvalue weighted by atomic mass is 79.9. The highest BCUT2D eigenvalue weighted by molar-refractivity contribution is 9.10. The third-order valence-electron chi connectivity index (χ3n) is 3.13. The molecule has 112 valence electrons. The van der Waals surface area contributed by atoms with Crippen LogP contribution in [0, 0.1) is 10.1 Å². The van der Waals surface area contributed by atoms with Crippen LogP contribution in [0.25, 0.3) is 0 Å². The molecule has 0 saturated carbocycles. The molecule has 2 unspecified atom stereocenters. The molecule has 0 aliphatic carbocycles. The predicted octanol–water partition coefficient (Wildman–Crippen LogP) is 2.35. The van der Waals surface area contributed by atoms with Crippen LogP contribution in [0.4, 0.5) is 5.69 Å². The molecular weight excluding hydrogens is 364 g/mol. The second kappa shape index (κ2) is 6.02. The number of hydrogen-bond donors (Lipinski definition) is 1. The van der Waals surface area contributed by atoms with Crippen LogP contribution in [-0.2, 0) is 4.79 Å². The first kappa shape index (κ1) is 15.8. The average molecular weight is 375 g/mol. The zero-order chi connectivity index (χ0) is 15.7. The number of hydrogen-bond acceptors (Lipinski definition) is 5. The van der Waals surface area contributed by atoms with Crippen molar-refractivity contribution in [3.05, 3.63) is 38.3 Å². The van der Waals surface area contributed by atoms with Crippen LogP contribution >= 0.6 is 27.7 Å². The van der Waals surface area contributed by atoms with Gasteiger partial charge >= 0.3 is 5.97 Å². The van der Waals surface area contributed by atoms with Gasteiger partial charge in [0.1, 0.15) is 6.04 Å². The van der Waals surface area contributed by atoms with Gasteiger partial charge in [-0.2, -0.15) is 0 Å². The molecule has 1 aliphatic rings. The zero-order valence-electron chi connectivity index (χ0n) is 10.9. The zero-order valence-corrected chi connectivity index (χ0v) is 13.3. The van der Waals surface area contributed by atoms with Gasteiger partial charge in [0, 0.05) is 17.4 Å². The molecule has 7 nitrogen and oxygen atoms in total. The molecule has 9 heteroatoms. The summed E-state index contributed by atoms with van der Waals surface area (Å²) in [5.74, 6) is -1.29. The van der Waals surface area contributed by atoms with Gasteiger partial charge in [0.2, 0.25) is 0 Å². The second-order valence-electron chi connectivity index (χ2n) is 4.42. The maximum Gasteiger partial charge on any atom is 0.327 e. The summed E-state index contributed by atoms with van der Waals surface area (Å²) >= 11 is 4.41. The van der Waals surface area contributed by atoms with Crippen LogP contribution < -0.4 is 0 Å². The Balaban J connectivity index is 2.37. The van der Waals surface area contributed by atoms with Crippen LogP contribution in [0.15, 0.2) is 22.7 Å². The maximum absolute atomic E-state index is 12.5. The molecule has 2 rings (SSSR count). The van der Waals surface area contributed by atoms with Gasteiger partial charge in [0.05, 0.1) is 14.8 Å². The topological polar surface area (TPSA) is 101 Å². The Hall–Kier alpha value is -1.61. The van der Waals surface area contributed by atoms with Crippen molar-refractivity contribution in [3.8, 4) is 0 Å². The third kappa shape index (κ3) is 3.03. The number of nitrogens with zero attached hydrogens (tertiary/aromatic N) is 2. The van der Waals surface area contributed by atoms with Crippen molar-refractivity contribution in [2.75, 3.05) is 5.75 Å². The number of thioether (sulfide) groups is 1. The summed E-state index contributed by atoms with van der Waals surface area (Å²) < 4.78 is 0.266. The van der Waals surface area contributed by atoms with E-state index in [0.29, 0.717) is 5.75 Å². The monoisotopic (exact) mass is 374 g/mol. The SMILES string of the molecule is CC1SCC(C(=O)O)N1C(=O)c1ccc(Br)c([N+](=O)[O-])c1. The average Bonchev–Trinajstić information content (AvgIpc) is 2.80. The summed E-state index contributed by atoms with van der Waals surface area (Å²) in [5, 5.41) is 19.8. The molecule has 0 bridgehead atoms. The summed E-state index contributed by atoms with van der Waals surface area (Å²) in [6.45, 7) is 1.73. The van der Waals surface area contributed by atoms with Crippen molar-refractivity contribution in [1.29, 1.82) is 0 Å². The molecule has 1 aromatic carbocycles. The number of amides is 1. The van der Waals surface area contributed by atoms with Gasteiger partial charge in [-0.05, 0) is 35.0 Å². The molecule has 1 saturated heterocycles. The summed E-state index contributed by atoms with van der Waals surface area (Å²) in [4.78, 5) is 35.2. The smallest absolute Gasteiger partial charge is 0.327 e. The lowest BCUT2D eigenvalue weighted by Gasteiger charge is -2.25. The number of nitro benzene ring substituents is 1. The molecule has 0 radical (unpaired) electrons. The number of benzene rings is 1.